The third kappa shape index (κ3) is 5.61. The third-order valence-corrected chi connectivity index (χ3v) is 6.43. The second kappa shape index (κ2) is 10.8. The predicted octanol–water partition coefficient (Wildman–Crippen LogP) is 6.35. The van der Waals surface area contributed by atoms with Crippen molar-refractivity contribution in [3.05, 3.63) is 93.5 Å². The monoisotopic (exact) mass is 511 g/mol. The van der Waals surface area contributed by atoms with Gasteiger partial charge in [0, 0.05) is 28.8 Å². The lowest BCUT2D eigenvalue weighted by molar-refractivity contribution is -0.139. The van der Waals surface area contributed by atoms with Crippen LogP contribution in [0.1, 0.15) is 39.4 Å². The van der Waals surface area contributed by atoms with E-state index in [0.29, 0.717) is 59.4 Å². The smallest absolute Gasteiger partial charge is 0.311 e. The zero-order valence-electron chi connectivity index (χ0n) is 18.7. The normalized spacial score (nSPS) is 14.4. The van der Waals surface area contributed by atoms with Gasteiger partial charge in [0.2, 0.25) is 0 Å². The molecule has 6 nitrogen and oxygen atoms in total. The van der Waals surface area contributed by atoms with Crippen LogP contribution < -0.4 is 14.8 Å². The summed E-state index contributed by atoms with van der Waals surface area (Å²) in [6.07, 6.45) is 2.71. The number of ether oxygens (including phenoxy) is 2. The third-order valence-electron chi connectivity index (χ3n) is 5.78. The lowest BCUT2D eigenvalue weighted by Gasteiger charge is -2.24. The molecule has 1 heterocycles. The van der Waals surface area contributed by atoms with E-state index < -0.39 is 11.9 Å². The Morgan fingerprint density at radius 2 is 1.91 bits per heavy atom. The highest BCUT2D eigenvalue weighted by molar-refractivity contribution is 6.32. The zero-order valence-corrected chi connectivity index (χ0v) is 20.2. The van der Waals surface area contributed by atoms with E-state index in [9.17, 15) is 14.7 Å². The highest BCUT2D eigenvalue weighted by Gasteiger charge is 2.29. The molecule has 1 unspecified atom stereocenters. The Kier molecular flexibility index (Phi) is 7.63. The van der Waals surface area contributed by atoms with Crippen LogP contribution in [0, 0.1) is 0 Å². The van der Waals surface area contributed by atoms with Crippen molar-refractivity contribution in [1.29, 1.82) is 0 Å². The van der Waals surface area contributed by atoms with Crippen molar-refractivity contribution in [2.24, 2.45) is 0 Å². The first-order valence-electron chi connectivity index (χ1n) is 11.0. The molecule has 1 atom stereocenters. The Balaban J connectivity index is 1.39. The summed E-state index contributed by atoms with van der Waals surface area (Å²) in [7, 11) is 0. The van der Waals surface area contributed by atoms with Crippen LogP contribution in [0.3, 0.4) is 0 Å². The zero-order chi connectivity index (χ0) is 24.9. The van der Waals surface area contributed by atoms with Gasteiger partial charge in [-0.2, -0.15) is 0 Å². The maximum absolute atomic E-state index is 12.6. The molecule has 3 aromatic carbocycles. The van der Waals surface area contributed by atoms with Crippen LogP contribution in [0.25, 0.3) is 6.08 Å². The highest BCUT2D eigenvalue weighted by atomic mass is 35.5. The Labute approximate surface area is 213 Å². The van der Waals surface area contributed by atoms with Gasteiger partial charge in [0.15, 0.2) is 0 Å². The molecule has 0 spiro atoms. The van der Waals surface area contributed by atoms with Crippen LogP contribution >= 0.6 is 23.2 Å². The number of aliphatic carboxylic acids is 1. The van der Waals surface area contributed by atoms with Crippen LogP contribution in [0.15, 0.2) is 61.2 Å². The molecular weight excluding hydrogens is 489 g/mol. The molecule has 35 heavy (non-hydrogen) atoms. The number of hydrogen-bond donors (Lipinski definition) is 2. The van der Waals surface area contributed by atoms with Crippen molar-refractivity contribution in [3.63, 3.8) is 0 Å². The standard InChI is InChI=1S/C27H23Cl2NO5/c1-2-16-4-3-5-22(28)19(16)10-12-30-26(31)17-6-8-18(9-7-17)35-25-15-24-21(14-23(25)29)20(27(32)33)11-13-34-24/h2-9,14-15,20H,1,10-13H2,(H,30,31)(H,32,33). The number of hydrogen-bond acceptors (Lipinski definition) is 4. The molecule has 8 heteroatoms. The summed E-state index contributed by atoms with van der Waals surface area (Å²) in [5.41, 5.74) is 2.89. The fourth-order valence-corrected chi connectivity index (χ4v) is 4.45. The van der Waals surface area contributed by atoms with Crippen molar-refractivity contribution >= 4 is 41.2 Å². The lowest BCUT2D eigenvalue weighted by atomic mass is 9.93. The van der Waals surface area contributed by atoms with E-state index in [1.807, 2.05) is 18.2 Å². The van der Waals surface area contributed by atoms with Crippen LogP contribution in [0.5, 0.6) is 17.2 Å². The second-order valence-electron chi connectivity index (χ2n) is 7.99. The van der Waals surface area contributed by atoms with E-state index >= 15 is 0 Å². The summed E-state index contributed by atoms with van der Waals surface area (Å²) >= 11 is 12.6. The molecule has 2 N–H and O–H groups in total. The van der Waals surface area contributed by atoms with Gasteiger partial charge >= 0.3 is 5.97 Å². The molecule has 1 amide bonds. The Morgan fingerprint density at radius 3 is 2.63 bits per heavy atom. The predicted molar refractivity (Wildman–Crippen MR) is 136 cm³/mol. The van der Waals surface area contributed by atoms with E-state index in [1.165, 1.54) is 0 Å². The minimum Gasteiger partial charge on any atom is -0.493 e. The lowest BCUT2D eigenvalue weighted by Crippen LogP contribution is -2.25. The summed E-state index contributed by atoms with van der Waals surface area (Å²) in [6.45, 7) is 4.53. The second-order valence-corrected chi connectivity index (χ2v) is 8.81. The number of amides is 1. The van der Waals surface area contributed by atoms with E-state index in [0.717, 1.165) is 11.1 Å². The number of carboxylic acids is 1. The summed E-state index contributed by atoms with van der Waals surface area (Å²) in [5, 5.41) is 13.2. The van der Waals surface area contributed by atoms with Crippen molar-refractivity contribution in [1.82, 2.24) is 5.32 Å². The number of fused-ring (bicyclic) bond motifs is 1. The Hall–Kier alpha value is -3.48. The van der Waals surface area contributed by atoms with Gasteiger partial charge in [-0.05, 0) is 60.4 Å². The molecule has 180 valence electrons. The molecule has 0 saturated heterocycles. The Bertz CT molecular complexity index is 1270. The molecule has 0 fully saturated rings. The van der Waals surface area contributed by atoms with Gasteiger partial charge in [-0.3, -0.25) is 9.59 Å². The number of carbonyl (C=O) groups is 2. The number of halogens is 2. The summed E-state index contributed by atoms with van der Waals surface area (Å²) < 4.78 is 11.5. The molecule has 0 bridgehead atoms. The van der Waals surface area contributed by atoms with Crippen LogP contribution in [0.4, 0.5) is 0 Å². The van der Waals surface area contributed by atoms with Crippen LogP contribution in [0.2, 0.25) is 10.0 Å². The van der Waals surface area contributed by atoms with Gasteiger partial charge in [0.25, 0.3) is 5.91 Å². The van der Waals surface area contributed by atoms with E-state index in [2.05, 4.69) is 11.9 Å². The van der Waals surface area contributed by atoms with Gasteiger partial charge in [0.1, 0.15) is 17.2 Å². The summed E-state index contributed by atoms with van der Waals surface area (Å²) in [6, 6.07) is 15.4. The van der Waals surface area contributed by atoms with Crippen molar-refractivity contribution < 1.29 is 24.2 Å². The van der Waals surface area contributed by atoms with Gasteiger partial charge in [-0.25, -0.2) is 0 Å². The van der Waals surface area contributed by atoms with Crippen molar-refractivity contribution in [3.8, 4) is 17.2 Å². The molecule has 0 aliphatic carbocycles. The van der Waals surface area contributed by atoms with Gasteiger partial charge in [-0.1, -0.05) is 48.0 Å². The summed E-state index contributed by atoms with van der Waals surface area (Å²) in [4.78, 5) is 24.1. The number of carboxylic acid groups (broad SMARTS) is 1. The van der Waals surface area contributed by atoms with Crippen molar-refractivity contribution in [2.45, 2.75) is 18.8 Å². The molecule has 4 rings (SSSR count). The first-order valence-corrected chi connectivity index (χ1v) is 11.8. The number of benzene rings is 3. The largest absolute Gasteiger partial charge is 0.493 e. The fourth-order valence-electron chi connectivity index (χ4n) is 3.96. The molecule has 0 aromatic heterocycles. The number of nitrogens with one attached hydrogen (secondary N) is 1. The number of rotatable bonds is 8. The topological polar surface area (TPSA) is 84.9 Å². The van der Waals surface area contributed by atoms with E-state index in [1.54, 1.807) is 42.5 Å². The molecule has 1 aliphatic heterocycles. The van der Waals surface area contributed by atoms with Gasteiger partial charge in [0.05, 0.1) is 17.5 Å². The highest BCUT2D eigenvalue weighted by Crippen LogP contribution is 2.41. The Morgan fingerprint density at radius 1 is 1.14 bits per heavy atom. The van der Waals surface area contributed by atoms with Gasteiger partial charge < -0.3 is 19.9 Å². The molecule has 3 aromatic rings. The average molecular weight is 512 g/mol. The van der Waals surface area contributed by atoms with E-state index in [4.69, 9.17) is 32.7 Å². The van der Waals surface area contributed by atoms with E-state index in [-0.39, 0.29) is 10.9 Å². The first kappa shape index (κ1) is 24.6. The fraction of sp³-hybridized carbons (Fsp3) is 0.185. The maximum Gasteiger partial charge on any atom is 0.311 e. The minimum atomic E-state index is -0.916. The van der Waals surface area contributed by atoms with Crippen molar-refractivity contribution in [2.75, 3.05) is 13.2 Å². The van der Waals surface area contributed by atoms with Crippen LogP contribution in [-0.4, -0.2) is 30.1 Å². The summed E-state index contributed by atoms with van der Waals surface area (Å²) in [5.74, 6) is -0.543. The number of carbonyl (C=O) groups excluding carboxylic acids is 1. The van der Waals surface area contributed by atoms with Crippen LogP contribution in [-0.2, 0) is 11.2 Å². The molecule has 0 saturated carbocycles. The average Bonchev–Trinajstić information content (AvgIpc) is 2.85. The molecule has 1 aliphatic rings. The molecular formula is C27H23Cl2NO5. The van der Waals surface area contributed by atoms with Gasteiger partial charge in [-0.15, -0.1) is 0 Å². The quantitative estimate of drug-likeness (QED) is 0.367. The minimum absolute atomic E-state index is 0.219. The maximum atomic E-state index is 12.6. The SMILES string of the molecule is C=Cc1cccc(Cl)c1CCNC(=O)c1ccc(Oc2cc3c(cc2Cl)C(C(=O)O)CCO3)cc1. The molecule has 0 radical (unpaired) electrons. The first-order chi connectivity index (χ1) is 16.9.